The highest BCUT2D eigenvalue weighted by Gasteiger charge is 2.20. The molecule has 41 heavy (non-hydrogen) atoms. The number of amides is 1. The van der Waals surface area contributed by atoms with Crippen LogP contribution in [0.2, 0.25) is 0 Å². The van der Waals surface area contributed by atoms with Gasteiger partial charge in [0.1, 0.15) is 17.4 Å². The highest BCUT2D eigenvalue weighted by atomic mass is 19.1. The number of methoxy groups -OCH3 is 1. The molecule has 0 saturated heterocycles. The highest BCUT2D eigenvalue weighted by Crippen LogP contribution is 2.38. The quantitative estimate of drug-likeness (QED) is 0.262. The lowest BCUT2D eigenvalue weighted by molar-refractivity contribution is -0.111. The van der Waals surface area contributed by atoms with Gasteiger partial charge in [-0.3, -0.25) is 9.36 Å². The smallest absolute Gasteiger partial charge is 0.335 e. The Morgan fingerprint density at radius 3 is 2.54 bits per heavy atom. The van der Waals surface area contributed by atoms with E-state index in [1.807, 2.05) is 46.0 Å². The van der Waals surface area contributed by atoms with Crippen molar-refractivity contribution in [3.8, 4) is 11.6 Å². The Bertz CT molecular complexity index is 1640. The minimum absolute atomic E-state index is 0.190. The molecule has 0 spiro atoms. The van der Waals surface area contributed by atoms with Crippen molar-refractivity contribution in [2.75, 3.05) is 56.9 Å². The molecule has 0 aliphatic heterocycles. The first-order valence-electron chi connectivity index (χ1n) is 13.1. The fourth-order valence-corrected chi connectivity index (χ4v) is 4.47. The van der Waals surface area contributed by atoms with Crippen molar-refractivity contribution in [2.45, 2.75) is 19.9 Å². The van der Waals surface area contributed by atoms with Crippen LogP contribution in [0.1, 0.15) is 19.9 Å². The molecule has 2 aromatic carbocycles. The van der Waals surface area contributed by atoms with Crippen LogP contribution < -0.4 is 26.0 Å². The van der Waals surface area contributed by atoms with Gasteiger partial charge in [0.15, 0.2) is 0 Å². The lowest BCUT2D eigenvalue weighted by Crippen LogP contribution is -2.29. The maximum Gasteiger partial charge on any atom is 0.335 e. The van der Waals surface area contributed by atoms with E-state index in [-0.39, 0.29) is 23.6 Å². The zero-order valence-electron chi connectivity index (χ0n) is 24.1. The number of anilines is 4. The van der Waals surface area contributed by atoms with Crippen LogP contribution in [-0.4, -0.2) is 71.3 Å². The summed E-state index contributed by atoms with van der Waals surface area (Å²) < 4.78 is 22.7. The summed E-state index contributed by atoms with van der Waals surface area (Å²) in [7, 11) is 7.45. The molecular weight excluding hydrogens is 527 g/mol. The van der Waals surface area contributed by atoms with Gasteiger partial charge < -0.3 is 25.2 Å². The SMILES string of the molecule is C=CC(=O)Nc1cc(Nc2nccc(-n3c(=O)n(C(C)C)c4cc(F)ccc43)n2)c(OC)cc1N(C)CCN(C)C. The molecule has 2 N–H and O–H groups in total. The average Bonchev–Trinajstić information content (AvgIpc) is 3.22. The molecule has 11 nitrogen and oxygen atoms in total. The van der Waals surface area contributed by atoms with Gasteiger partial charge in [0, 0.05) is 44.5 Å². The van der Waals surface area contributed by atoms with Crippen molar-refractivity contribution in [3.05, 3.63) is 71.6 Å². The topological polar surface area (TPSA) is 110 Å². The number of imidazole rings is 1. The van der Waals surface area contributed by atoms with Crippen molar-refractivity contribution in [2.24, 2.45) is 0 Å². The minimum atomic E-state index is -0.434. The number of halogens is 1. The third-order valence-corrected chi connectivity index (χ3v) is 6.52. The number of hydrogen-bond donors (Lipinski definition) is 2. The van der Waals surface area contributed by atoms with Gasteiger partial charge in [-0.2, -0.15) is 4.98 Å². The molecule has 0 aliphatic rings. The van der Waals surface area contributed by atoms with Gasteiger partial charge in [0.05, 0.1) is 35.2 Å². The summed E-state index contributed by atoms with van der Waals surface area (Å²) in [6.07, 6.45) is 2.72. The molecule has 4 rings (SSSR count). The molecule has 216 valence electrons. The Morgan fingerprint density at radius 1 is 1.12 bits per heavy atom. The molecule has 0 saturated carbocycles. The second-order valence-electron chi connectivity index (χ2n) is 10.1. The lowest BCUT2D eigenvalue weighted by Gasteiger charge is -2.26. The fourth-order valence-electron chi connectivity index (χ4n) is 4.47. The number of rotatable bonds is 11. The van der Waals surface area contributed by atoms with Gasteiger partial charge in [-0.05, 0) is 58.3 Å². The monoisotopic (exact) mass is 562 g/mol. The van der Waals surface area contributed by atoms with Crippen molar-refractivity contribution in [3.63, 3.8) is 0 Å². The number of ether oxygens (including phenoxy) is 1. The van der Waals surface area contributed by atoms with Gasteiger partial charge in [-0.15, -0.1) is 0 Å². The van der Waals surface area contributed by atoms with E-state index in [0.717, 1.165) is 12.2 Å². The van der Waals surface area contributed by atoms with Gasteiger partial charge in [0.2, 0.25) is 11.9 Å². The Labute approximate surface area is 237 Å². The van der Waals surface area contributed by atoms with Crippen LogP contribution in [0.25, 0.3) is 16.9 Å². The average molecular weight is 563 g/mol. The van der Waals surface area contributed by atoms with Crippen molar-refractivity contribution >= 4 is 40.0 Å². The van der Waals surface area contributed by atoms with E-state index in [1.54, 1.807) is 25.3 Å². The third-order valence-electron chi connectivity index (χ3n) is 6.52. The molecule has 1 amide bonds. The molecule has 2 aromatic heterocycles. The highest BCUT2D eigenvalue weighted by molar-refractivity contribution is 6.02. The van der Waals surface area contributed by atoms with E-state index in [0.29, 0.717) is 40.5 Å². The summed E-state index contributed by atoms with van der Waals surface area (Å²) >= 11 is 0. The molecule has 0 unspecified atom stereocenters. The van der Waals surface area contributed by atoms with E-state index >= 15 is 0 Å². The number of carbonyl (C=O) groups excluding carboxylic acids is 1. The van der Waals surface area contributed by atoms with Crippen LogP contribution in [0.15, 0.2) is 60.0 Å². The van der Waals surface area contributed by atoms with E-state index in [4.69, 9.17) is 4.74 Å². The summed E-state index contributed by atoms with van der Waals surface area (Å²) in [5.41, 5.74) is 2.42. The third kappa shape index (κ3) is 6.22. The predicted molar refractivity (Wildman–Crippen MR) is 160 cm³/mol. The summed E-state index contributed by atoms with van der Waals surface area (Å²) in [5, 5.41) is 6.02. The van der Waals surface area contributed by atoms with Crippen molar-refractivity contribution in [1.29, 1.82) is 0 Å². The Kier molecular flexibility index (Phi) is 8.72. The molecule has 0 aliphatic carbocycles. The minimum Gasteiger partial charge on any atom is -0.494 e. The molecule has 0 fully saturated rings. The van der Waals surface area contributed by atoms with E-state index in [9.17, 15) is 14.0 Å². The van der Waals surface area contributed by atoms with Crippen molar-refractivity contribution < 1.29 is 13.9 Å². The van der Waals surface area contributed by atoms with Crippen LogP contribution in [0.3, 0.4) is 0 Å². The summed E-state index contributed by atoms with van der Waals surface area (Å²) in [6, 6.07) is 9.17. The van der Waals surface area contributed by atoms with E-state index in [2.05, 4.69) is 32.1 Å². The first-order chi connectivity index (χ1) is 19.5. The molecule has 0 bridgehead atoms. The zero-order chi connectivity index (χ0) is 29.8. The molecule has 0 atom stereocenters. The van der Waals surface area contributed by atoms with Crippen LogP contribution in [-0.2, 0) is 4.79 Å². The Hall–Kier alpha value is -4.71. The van der Waals surface area contributed by atoms with Gasteiger partial charge in [-0.25, -0.2) is 18.7 Å². The maximum atomic E-state index is 14.1. The predicted octanol–water partition coefficient (Wildman–Crippen LogP) is 4.18. The number of aromatic nitrogens is 4. The molecule has 4 aromatic rings. The van der Waals surface area contributed by atoms with E-state index < -0.39 is 5.82 Å². The lowest BCUT2D eigenvalue weighted by atomic mass is 10.2. The summed E-state index contributed by atoms with van der Waals surface area (Å²) in [5.74, 6) is 0.194. The number of benzene rings is 2. The van der Waals surface area contributed by atoms with E-state index in [1.165, 1.54) is 33.5 Å². The van der Waals surface area contributed by atoms with Gasteiger partial charge in [-0.1, -0.05) is 6.58 Å². The molecule has 12 heteroatoms. The molecule has 0 radical (unpaired) electrons. The first kappa shape index (κ1) is 29.3. The Balaban J connectivity index is 1.77. The second kappa shape index (κ2) is 12.2. The number of hydrogen-bond acceptors (Lipinski definition) is 8. The van der Waals surface area contributed by atoms with Crippen molar-refractivity contribution in [1.82, 2.24) is 24.0 Å². The first-order valence-corrected chi connectivity index (χ1v) is 13.1. The second-order valence-corrected chi connectivity index (χ2v) is 10.1. The van der Waals surface area contributed by atoms with Gasteiger partial charge >= 0.3 is 5.69 Å². The number of nitrogens with zero attached hydrogens (tertiary/aromatic N) is 6. The van der Waals surface area contributed by atoms with Gasteiger partial charge in [0.25, 0.3) is 0 Å². The Morgan fingerprint density at radius 2 is 1.88 bits per heavy atom. The molecule has 2 heterocycles. The molecular formula is C29H35FN8O3. The summed E-state index contributed by atoms with van der Waals surface area (Å²) in [4.78, 5) is 38.7. The van der Waals surface area contributed by atoms with Crippen LogP contribution >= 0.6 is 0 Å². The van der Waals surface area contributed by atoms with Crippen LogP contribution in [0.4, 0.5) is 27.4 Å². The standard InChI is InChI=1S/C29H35FN8O3/c1-8-27(39)32-20-16-21(25(41-7)17-23(20)36(6)14-13-35(4)5)33-28-31-12-11-26(34-28)38-22-10-9-19(30)15-24(22)37(18(2)3)29(38)40/h8-12,15-18H,1,13-14H2,2-7H3,(H,32,39)(H,31,33,34). The van der Waals surface area contributed by atoms with Crippen LogP contribution in [0.5, 0.6) is 5.75 Å². The number of fused-ring (bicyclic) bond motifs is 1. The summed E-state index contributed by atoms with van der Waals surface area (Å²) in [6.45, 7) is 8.78. The fraction of sp³-hybridized carbons (Fsp3) is 0.310. The number of nitrogens with one attached hydrogen (secondary N) is 2. The normalized spacial score (nSPS) is 11.2. The largest absolute Gasteiger partial charge is 0.494 e. The number of carbonyl (C=O) groups is 1. The van der Waals surface area contributed by atoms with Crippen LogP contribution in [0, 0.1) is 5.82 Å². The zero-order valence-corrected chi connectivity index (χ0v) is 24.1. The maximum absolute atomic E-state index is 14.1. The number of likely N-dealkylation sites (N-methyl/N-ethyl adjacent to an activating group) is 2.